The molecule has 0 unspecified atom stereocenters. The first-order valence-corrected chi connectivity index (χ1v) is 3.84. The molecule has 0 aromatic heterocycles. The second-order valence-corrected chi connectivity index (χ2v) is 2.73. The molecular formula is C9H7NO5. The third-order valence-electron chi connectivity index (χ3n) is 1.76. The maximum Gasteiger partial charge on any atom is 0.336 e. The van der Waals surface area contributed by atoms with Crippen LogP contribution in [0.15, 0.2) is 18.2 Å². The number of carbonyl (C=O) groups is 3. The number of benzene rings is 1. The summed E-state index contributed by atoms with van der Waals surface area (Å²) in [4.78, 5) is 32.1. The van der Waals surface area contributed by atoms with Gasteiger partial charge in [0.2, 0.25) is 5.91 Å². The highest BCUT2D eigenvalue weighted by molar-refractivity contribution is 6.04. The van der Waals surface area contributed by atoms with E-state index in [-0.39, 0.29) is 11.1 Å². The van der Waals surface area contributed by atoms with Gasteiger partial charge in [-0.05, 0) is 18.2 Å². The van der Waals surface area contributed by atoms with Gasteiger partial charge in [0, 0.05) is 5.56 Å². The molecule has 0 atom stereocenters. The molecular weight excluding hydrogens is 202 g/mol. The Hall–Kier alpha value is -2.37. The topological polar surface area (TPSA) is 118 Å². The molecule has 1 aromatic rings. The molecule has 6 nitrogen and oxygen atoms in total. The van der Waals surface area contributed by atoms with Crippen molar-refractivity contribution in [3.05, 3.63) is 34.9 Å². The van der Waals surface area contributed by atoms with Crippen molar-refractivity contribution in [1.82, 2.24) is 0 Å². The Labute approximate surface area is 83.9 Å². The molecule has 78 valence electrons. The lowest BCUT2D eigenvalue weighted by molar-refractivity contribution is 0.0651. The average Bonchev–Trinajstić information content (AvgIpc) is 2.16. The number of amides is 1. The van der Waals surface area contributed by atoms with E-state index >= 15 is 0 Å². The molecule has 0 radical (unpaired) electrons. The average molecular weight is 209 g/mol. The molecule has 1 amide bonds. The maximum atomic E-state index is 10.7. The molecule has 15 heavy (non-hydrogen) atoms. The van der Waals surface area contributed by atoms with E-state index in [0.29, 0.717) is 0 Å². The minimum absolute atomic E-state index is 0.0441. The van der Waals surface area contributed by atoms with Crippen molar-refractivity contribution < 1.29 is 24.6 Å². The SMILES string of the molecule is NC(=O)c1ccc(C(=O)O)c(C(=O)O)c1. The number of hydrogen-bond donors (Lipinski definition) is 3. The molecule has 0 saturated heterocycles. The highest BCUT2D eigenvalue weighted by Crippen LogP contribution is 2.12. The van der Waals surface area contributed by atoms with Crippen LogP contribution in [0.1, 0.15) is 31.1 Å². The molecule has 0 aliphatic rings. The maximum absolute atomic E-state index is 10.7. The van der Waals surface area contributed by atoms with E-state index in [4.69, 9.17) is 15.9 Å². The molecule has 0 spiro atoms. The summed E-state index contributed by atoms with van der Waals surface area (Å²) in [6.45, 7) is 0. The van der Waals surface area contributed by atoms with Gasteiger partial charge in [0.05, 0.1) is 11.1 Å². The molecule has 1 aromatic carbocycles. The predicted molar refractivity (Wildman–Crippen MR) is 48.9 cm³/mol. The fourth-order valence-electron chi connectivity index (χ4n) is 1.06. The number of carboxylic acid groups (broad SMARTS) is 2. The molecule has 0 saturated carbocycles. The second-order valence-electron chi connectivity index (χ2n) is 2.73. The van der Waals surface area contributed by atoms with E-state index in [1.54, 1.807) is 0 Å². The van der Waals surface area contributed by atoms with Crippen LogP contribution >= 0.6 is 0 Å². The molecule has 4 N–H and O–H groups in total. The summed E-state index contributed by atoms with van der Waals surface area (Å²) in [5, 5.41) is 17.4. The van der Waals surface area contributed by atoms with Gasteiger partial charge in [-0.15, -0.1) is 0 Å². The summed E-state index contributed by atoms with van der Waals surface area (Å²) in [7, 11) is 0. The number of primary amides is 1. The van der Waals surface area contributed by atoms with Gasteiger partial charge in [0.1, 0.15) is 0 Å². The van der Waals surface area contributed by atoms with Crippen molar-refractivity contribution in [1.29, 1.82) is 0 Å². The van der Waals surface area contributed by atoms with E-state index in [9.17, 15) is 14.4 Å². The van der Waals surface area contributed by atoms with Crippen molar-refractivity contribution >= 4 is 17.8 Å². The van der Waals surface area contributed by atoms with Gasteiger partial charge in [-0.1, -0.05) is 0 Å². The number of aromatic carboxylic acids is 2. The van der Waals surface area contributed by atoms with Crippen molar-refractivity contribution in [2.24, 2.45) is 5.73 Å². The van der Waals surface area contributed by atoms with Gasteiger partial charge in [-0.2, -0.15) is 0 Å². The number of carbonyl (C=O) groups excluding carboxylic acids is 1. The van der Waals surface area contributed by atoms with Crippen molar-refractivity contribution in [2.75, 3.05) is 0 Å². The lowest BCUT2D eigenvalue weighted by atomic mass is 10.0. The monoisotopic (exact) mass is 209 g/mol. The standard InChI is InChI=1S/C9H7NO5/c10-7(11)4-1-2-5(8(12)13)6(3-4)9(14)15/h1-3H,(H2,10,11)(H,12,13)(H,14,15). The molecule has 0 aliphatic carbocycles. The van der Waals surface area contributed by atoms with Crippen molar-refractivity contribution in [3.8, 4) is 0 Å². The third-order valence-corrected chi connectivity index (χ3v) is 1.76. The van der Waals surface area contributed by atoms with Crippen LogP contribution in [0.3, 0.4) is 0 Å². The van der Waals surface area contributed by atoms with Crippen LogP contribution in [-0.2, 0) is 0 Å². The third kappa shape index (κ3) is 2.11. The Morgan fingerprint density at radius 1 is 1.00 bits per heavy atom. The number of carboxylic acids is 2. The molecule has 0 fully saturated rings. The Kier molecular flexibility index (Phi) is 2.70. The van der Waals surface area contributed by atoms with E-state index < -0.39 is 23.4 Å². The van der Waals surface area contributed by atoms with Crippen LogP contribution in [0.4, 0.5) is 0 Å². The van der Waals surface area contributed by atoms with E-state index in [1.165, 1.54) is 0 Å². The van der Waals surface area contributed by atoms with E-state index in [0.717, 1.165) is 18.2 Å². The second kappa shape index (κ2) is 3.79. The Balaban J connectivity index is 3.40. The van der Waals surface area contributed by atoms with Crippen LogP contribution in [-0.4, -0.2) is 28.1 Å². The van der Waals surface area contributed by atoms with Gasteiger partial charge in [0.25, 0.3) is 0 Å². The Morgan fingerprint density at radius 2 is 1.53 bits per heavy atom. The van der Waals surface area contributed by atoms with Crippen molar-refractivity contribution in [3.63, 3.8) is 0 Å². The van der Waals surface area contributed by atoms with Gasteiger partial charge >= 0.3 is 11.9 Å². The summed E-state index contributed by atoms with van der Waals surface area (Å²) in [5.41, 5.74) is 4.04. The predicted octanol–water partition coefficient (Wildman–Crippen LogP) is 0.182. The highest BCUT2D eigenvalue weighted by atomic mass is 16.4. The van der Waals surface area contributed by atoms with Gasteiger partial charge in [-0.3, -0.25) is 4.79 Å². The first-order valence-electron chi connectivity index (χ1n) is 3.84. The van der Waals surface area contributed by atoms with Crippen LogP contribution in [0, 0.1) is 0 Å². The number of rotatable bonds is 3. The zero-order valence-corrected chi connectivity index (χ0v) is 7.43. The summed E-state index contributed by atoms with van der Waals surface area (Å²) in [5.74, 6) is -3.60. The summed E-state index contributed by atoms with van der Waals surface area (Å²) in [6.07, 6.45) is 0. The van der Waals surface area contributed by atoms with Crippen LogP contribution in [0.5, 0.6) is 0 Å². The minimum atomic E-state index is -1.42. The molecule has 0 bridgehead atoms. The van der Waals surface area contributed by atoms with Gasteiger partial charge in [-0.25, -0.2) is 9.59 Å². The Bertz CT molecular complexity index is 452. The van der Waals surface area contributed by atoms with Crippen LogP contribution in [0.2, 0.25) is 0 Å². The van der Waals surface area contributed by atoms with Gasteiger partial charge < -0.3 is 15.9 Å². The van der Waals surface area contributed by atoms with Crippen LogP contribution in [0.25, 0.3) is 0 Å². The Morgan fingerprint density at radius 3 is 1.93 bits per heavy atom. The number of nitrogens with two attached hydrogens (primary N) is 1. The van der Waals surface area contributed by atoms with Crippen LogP contribution < -0.4 is 5.73 Å². The smallest absolute Gasteiger partial charge is 0.336 e. The molecule has 6 heteroatoms. The fraction of sp³-hybridized carbons (Fsp3) is 0. The lowest BCUT2D eigenvalue weighted by Crippen LogP contribution is -2.14. The fourth-order valence-corrected chi connectivity index (χ4v) is 1.06. The molecule has 0 aliphatic heterocycles. The highest BCUT2D eigenvalue weighted by Gasteiger charge is 2.17. The zero-order valence-electron chi connectivity index (χ0n) is 7.43. The number of hydrogen-bond acceptors (Lipinski definition) is 3. The minimum Gasteiger partial charge on any atom is -0.478 e. The normalized spacial score (nSPS) is 9.60. The molecule has 1 rings (SSSR count). The summed E-state index contributed by atoms with van der Waals surface area (Å²) >= 11 is 0. The quantitative estimate of drug-likeness (QED) is 0.656. The first-order chi connectivity index (χ1) is 6.93. The zero-order chi connectivity index (χ0) is 11.6. The first kappa shape index (κ1) is 10.7. The molecule has 0 heterocycles. The van der Waals surface area contributed by atoms with E-state index in [1.807, 2.05) is 0 Å². The summed E-state index contributed by atoms with van der Waals surface area (Å²) in [6, 6.07) is 3.14. The van der Waals surface area contributed by atoms with E-state index in [2.05, 4.69) is 0 Å². The van der Waals surface area contributed by atoms with Gasteiger partial charge in [0.15, 0.2) is 0 Å². The lowest BCUT2D eigenvalue weighted by Gasteiger charge is -2.02. The van der Waals surface area contributed by atoms with Crippen molar-refractivity contribution in [2.45, 2.75) is 0 Å². The largest absolute Gasteiger partial charge is 0.478 e. The summed E-state index contributed by atoms with van der Waals surface area (Å²) < 4.78 is 0.